The van der Waals surface area contributed by atoms with Gasteiger partial charge in [0.15, 0.2) is 6.10 Å². The van der Waals surface area contributed by atoms with E-state index in [0.29, 0.717) is 17.7 Å². The Morgan fingerprint density at radius 1 is 1.32 bits per heavy atom. The second-order valence-electron chi connectivity index (χ2n) is 5.16. The number of non-ortho nitro benzene ring substituents is 1. The summed E-state index contributed by atoms with van der Waals surface area (Å²) in [7, 11) is 0. The molecule has 2 aromatic rings. The van der Waals surface area contributed by atoms with Gasteiger partial charge in [0.05, 0.1) is 4.92 Å². The molecule has 112 valence electrons. The minimum Gasteiger partial charge on any atom is -0.480 e. The van der Waals surface area contributed by atoms with Gasteiger partial charge in [0.2, 0.25) is 0 Å². The maximum atomic E-state index is 12.3. The molecule has 0 bridgehead atoms. The van der Waals surface area contributed by atoms with Crippen LogP contribution in [0.3, 0.4) is 0 Å². The summed E-state index contributed by atoms with van der Waals surface area (Å²) >= 11 is 0. The van der Waals surface area contributed by atoms with E-state index in [1.54, 1.807) is 6.92 Å². The summed E-state index contributed by atoms with van der Waals surface area (Å²) in [6.07, 6.45) is -0.0550. The third-order valence-corrected chi connectivity index (χ3v) is 3.62. The minimum atomic E-state index is -0.577. The number of ether oxygens (including phenoxy) is 1. The number of aryl methyl sites for hydroxylation is 1. The standard InChI is InChI=1S/C16H14N2O4/c1-10-8-12(18(20)21)6-7-13(10)17-16(19)15-9-11-4-2-3-5-14(11)22-15/h2-8,15H,9H2,1H3,(H,17,19). The average molecular weight is 298 g/mol. The van der Waals surface area contributed by atoms with Crippen LogP contribution in [0.2, 0.25) is 0 Å². The number of rotatable bonds is 3. The lowest BCUT2D eigenvalue weighted by molar-refractivity contribution is -0.384. The fourth-order valence-corrected chi connectivity index (χ4v) is 2.44. The first-order valence-corrected chi connectivity index (χ1v) is 6.85. The number of nitrogens with zero attached hydrogens (tertiary/aromatic N) is 1. The van der Waals surface area contributed by atoms with E-state index in [9.17, 15) is 14.9 Å². The summed E-state index contributed by atoms with van der Waals surface area (Å²) in [6.45, 7) is 1.72. The van der Waals surface area contributed by atoms with Crippen molar-refractivity contribution in [3.05, 3.63) is 63.7 Å². The zero-order valence-electron chi connectivity index (χ0n) is 11.9. The molecule has 0 saturated heterocycles. The highest BCUT2D eigenvalue weighted by Crippen LogP contribution is 2.29. The van der Waals surface area contributed by atoms with Crippen LogP contribution in [0.1, 0.15) is 11.1 Å². The number of carbonyl (C=O) groups excluding carboxylic acids is 1. The average Bonchev–Trinajstić information content (AvgIpc) is 2.93. The number of carbonyl (C=O) groups is 1. The Morgan fingerprint density at radius 2 is 2.09 bits per heavy atom. The van der Waals surface area contributed by atoms with E-state index < -0.39 is 11.0 Å². The SMILES string of the molecule is Cc1cc([N+](=O)[O-])ccc1NC(=O)C1Cc2ccccc2O1. The summed E-state index contributed by atoms with van der Waals surface area (Å²) < 4.78 is 5.62. The van der Waals surface area contributed by atoms with Gasteiger partial charge in [0.25, 0.3) is 11.6 Å². The van der Waals surface area contributed by atoms with Crippen molar-refractivity contribution in [1.82, 2.24) is 0 Å². The second kappa shape index (κ2) is 5.48. The largest absolute Gasteiger partial charge is 0.480 e. The highest BCUT2D eigenvalue weighted by molar-refractivity contribution is 5.95. The van der Waals surface area contributed by atoms with E-state index in [1.165, 1.54) is 18.2 Å². The van der Waals surface area contributed by atoms with Gasteiger partial charge in [-0.05, 0) is 30.2 Å². The van der Waals surface area contributed by atoms with E-state index >= 15 is 0 Å². The van der Waals surface area contributed by atoms with Crippen molar-refractivity contribution in [2.45, 2.75) is 19.4 Å². The smallest absolute Gasteiger partial charge is 0.269 e. The molecule has 0 aliphatic carbocycles. The van der Waals surface area contributed by atoms with E-state index in [0.717, 1.165) is 11.3 Å². The first kappa shape index (κ1) is 14.1. The van der Waals surface area contributed by atoms with Crippen molar-refractivity contribution < 1.29 is 14.5 Å². The van der Waals surface area contributed by atoms with Crippen LogP contribution in [-0.4, -0.2) is 16.9 Å². The maximum absolute atomic E-state index is 12.3. The number of nitrogens with one attached hydrogen (secondary N) is 1. The van der Waals surface area contributed by atoms with Gasteiger partial charge in [-0.25, -0.2) is 0 Å². The molecular weight excluding hydrogens is 284 g/mol. The molecule has 1 amide bonds. The second-order valence-corrected chi connectivity index (χ2v) is 5.16. The first-order valence-electron chi connectivity index (χ1n) is 6.85. The van der Waals surface area contributed by atoms with E-state index in [4.69, 9.17) is 4.74 Å². The summed E-state index contributed by atoms with van der Waals surface area (Å²) in [5.74, 6) is 0.469. The molecule has 6 nitrogen and oxygen atoms in total. The number of amides is 1. The lowest BCUT2D eigenvalue weighted by Crippen LogP contribution is -2.31. The number of nitro benzene ring substituents is 1. The monoisotopic (exact) mass is 298 g/mol. The van der Waals surface area contributed by atoms with Crippen molar-refractivity contribution in [1.29, 1.82) is 0 Å². The molecule has 0 radical (unpaired) electrons. The van der Waals surface area contributed by atoms with Gasteiger partial charge in [-0.3, -0.25) is 14.9 Å². The summed E-state index contributed by atoms with van der Waals surface area (Å²) in [6, 6.07) is 11.9. The molecule has 0 saturated carbocycles. The summed E-state index contributed by atoms with van der Waals surface area (Å²) in [5.41, 5.74) is 2.19. The van der Waals surface area contributed by atoms with Crippen molar-refractivity contribution in [2.24, 2.45) is 0 Å². The Morgan fingerprint density at radius 3 is 2.77 bits per heavy atom. The molecule has 0 fully saturated rings. The van der Waals surface area contributed by atoms with Crippen LogP contribution in [0.15, 0.2) is 42.5 Å². The number of para-hydroxylation sites is 1. The van der Waals surface area contributed by atoms with Crippen molar-refractivity contribution in [2.75, 3.05) is 5.32 Å². The van der Waals surface area contributed by atoms with Gasteiger partial charge >= 0.3 is 0 Å². The lowest BCUT2D eigenvalue weighted by atomic mass is 10.1. The van der Waals surface area contributed by atoms with Crippen LogP contribution in [0.25, 0.3) is 0 Å². The zero-order valence-corrected chi connectivity index (χ0v) is 11.9. The van der Waals surface area contributed by atoms with Crippen molar-refractivity contribution in [3.63, 3.8) is 0 Å². The molecule has 22 heavy (non-hydrogen) atoms. The van der Waals surface area contributed by atoms with Crippen LogP contribution in [0.4, 0.5) is 11.4 Å². The molecule has 6 heteroatoms. The molecule has 3 rings (SSSR count). The highest BCUT2D eigenvalue weighted by atomic mass is 16.6. The Hall–Kier alpha value is -2.89. The third-order valence-electron chi connectivity index (χ3n) is 3.62. The summed E-state index contributed by atoms with van der Waals surface area (Å²) in [5, 5.41) is 13.5. The van der Waals surface area contributed by atoms with Crippen LogP contribution in [0, 0.1) is 17.0 Å². The van der Waals surface area contributed by atoms with Crippen LogP contribution < -0.4 is 10.1 Å². The van der Waals surface area contributed by atoms with Crippen molar-refractivity contribution in [3.8, 4) is 5.75 Å². The van der Waals surface area contributed by atoms with E-state index in [2.05, 4.69) is 5.32 Å². The lowest BCUT2D eigenvalue weighted by Gasteiger charge is -2.13. The molecular formula is C16H14N2O4. The maximum Gasteiger partial charge on any atom is 0.269 e. The predicted molar refractivity (Wildman–Crippen MR) is 81.0 cm³/mol. The normalized spacial score (nSPS) is 15.8. The third kappa shape index (κ3) is 2.63. The highest BCUT2D eigenvalue weighted by Gasteiger charge is 2.29. The molecule has 1 N–H and O–H groups in total. The van der Waals surface area contributed by atoms with Crippen molar-refractivity contribution >= 4 is 17.3 Å². The fraction of sp³-hybridized carbons (Fsp3) is 0.188. The molecule has 1 heterocycles. The predicted octanol–water partition coefficient (Wildman–Crippen LogP) is 2.85. The molecule has 1 atom stereocenters. The number of hydrogen-bond acceptors (Lipinski definition) is 4. The number of hydrogen-bond donors (Lipinski definition) is 1. The van der Waals surface area contributed by atoms with Crippen LogP contribution in [-0.2, 0) is 11.2 Å². The van der Waals surface area contributed by atoms with Gasteiger partial charge in [0.1, 0.15) is 5.75 Å². The quantitative estimate of drug-likeness (QED) is 0.698. The number of nitro groups is 1. The Balaban J connectivity index is 1.72. The number of fused-ring (bicyclic) bond motifs is 1. The van der Waals surface area contributed by atoms with Gasteiger partial charge in [-0.15, -0.1) is 0 Å². The Kier molecular flexibility index (Phi) is 3.50. The van der Waals surface area contributed by atoms with Crippen LogP contribution in [0.5, 0.6) is 5.75 Å². The number of benzene rings is 2. The molecule has 0 spiro atoms. The Bertz CT molecular complexity index is 733. The topological polar surface area (TPSA) is 81.5 Å². The molecule has 1 aliphatic heterocycles. The first-order chi connectivity index (χ1) is 10.5. The minimum absolute atomic E-state index is 0.0000190. The summed E-state index contributed by atoms with van der Waals surface area (Å²) in [4.78, 5) is 22.5. The van der Waals surface area contributed by atoms with Gasteiger partial charge < -0.3 is 10.1 Å². The van der Waals surface area contributed by atoms with E-state index in [-0.39, 0.29) is 11.6 Å². The van der Waals surface area contributed by atoms with Crippen LogP contribution >= 0.6 is 0 Å². The Labute approximate surface area is 126 Å². The van der Waals surface area contributed by atoms with Gasteiger partial charge in [-0.2, -0.15) is 0 Å². The molecule has 2 aromatic carbocycles. The molecule has 1 aliphatic rings. The molecule has 1 unspecified atom stereocenters. The van der Waals surface area contributed by atoms with E-state index in [1.807, 2.05) is 24.3 Å². The fourth-order valence-electron chi connectivity index (χ4n) is 2.44. The zero-order chi connectivity index (χ0) is 15.7. The number of anilines is 1. The van der Waals surface area contributed by atoms with Gasteiger partial charge in [-0.1, -0.05) is 18.2 Å². The van der Waals surface area contributed by atoms with Gasteiger partial charge in [0, 0.05) is 24.2 Å². The molecule has 0 aromatic heterocycles.